The molecule has 5 nitrogen and oxygen atoms in total. The maximum absolute atomic E-state index is 12.6. The van der Waals surface area contributed by atoms with Crippen LogP contribution in [-0.2, 0) is 9.59 Å². The Hall–Kier alpha value is -1.10. The van der Waals surface area contributed by atoms with Crippen molar-refractivity contribution in [2.24, 2.45) is 0 Å². The van der Waals surface area contributed by atoms with Crippen molar-refractivity contribution in [2.45, 2.75) is 116 Å². The second-order valence-electron chi connectivity index (χ2n) is 10.5. The number of quaternary nitrogens is 1. The highest BCUT2D eigenvalue weighted by Crippen LogP contribution is 2.19. The Balaban J connectivity index is 2.10. The number of unbranched alkanes of at least 4 members (excludes halogenated alkanes) is 11. The lowest BCUT2D eigenvalue weighted by Crippen LogP contribution is -2.46. The highest BCUT2D eigenvalue weighted by atomic mass is 16.2. The number of amides is 2. The average Bonchev–Trinajstić information content (AvgIpc) is 3.21. The summed E-state index contributed by atoms with van der Waals surface area (Å²) in [7, 11) is 6.61. The van der Waals surface area contributed by atoms with E-state index in [0.717, 1.165) is 62.6 Å². The van der Waals surface area contributed by atoms with Crippen LogP contribution in [0.1, 0.15) is 110 Å². The summed E-state index contributed by atoms with van der Waals surface area (Å²) >= 11 is 0. The topological polar surface area (TPSA) is 49.4 Å². The van der Waals surface area contributed by atoms with Gasteiger partial charge in [0.05, 0.1) is 27.7 Å². The van der Waals surface area contributed by atoms with Gasteiger partial charge in [0.1, 0.15) is 6.04 Å². The molecule has 31 heavy (non-hydrogen) atoms. The normalized spacial score (nSPS) is 16.6. The molecule has 1 aliphatic heterocycles. The second kappa shape index (κ2) is 16.5. The molecule has 0 unspecified atom stereocenters. The highest BCUT2D eigenvalue weighted by molar-refractivity contribution is 5.88. The number of hydrogen-bond donors (Lipinski definition) is 1. The fourth-order valence-corrected chi connectivity index (χ4v) is 4.46. The number of carbonyl (C=O) groups excluding carboxylic acids is 2. The second-order valence-corrected chi connectivity index (χ2v) is 10.5. The number of carbonyl (C=O) groups is 2. The molecule has 1 atom stereocenters. The summed E-state index contributed by atoms with van der Waals surface area (Å²) in [5, 5.41) is 3.09. The molecule has 1 N–H and O–H groups in total. The predicted octanol–water partition coefficient (Wildman–Crippen LogP) is 5.28. The largest absolute Gasteiger partial charge is 0.354 e. The van der Waals surface area contributed by atoms with Gasteiger partial charge in [-0.1, -0.05) is 64.7 Å². The molecule has 2 amide bonds. The van der Waals surface area contributed by atoms with Crippen molar-refractivity contribution >= 4 is 11.8 Å². The van der Waals surface area contributed by atoms with Crippen LogP contribution < -0.4 is 5.32 Å². The average molecular weight is 439 g/mol. The third-order valence-electron chi connectivity index (χ3n) is 6.42. The molecule has 0 saturated carbocycles. The molecule has 1 saturated heterocycles. The van der Waals surface area contributed by atoms with Crippen molar-refractivity contribution in [1.82, 2.24) is 10.2 Å². The number of likely N-dealkylation sites (tertiary alicyclic amines) is 1. The fourth-order valence-electron chi connectivity index (χ4n) is 4.46. The zero-order chi connectivity index (χ0) is 23.0. The van der Waals surface area contributed by atoms with E-state index < -0.39 is 0 Å². The van der Waals surface area contributed by atoms with Gasteiger partial charge in [-0.05, 0) is 38.5 Å². The molecule has 0 spiro atoms. The van der Waals surface area contributed by atoms with Gasteiger partial charge in [-0.25, -0.2) is 0 Å². The first-order valence-corrected chi connectivity index (χ1v) is 13.2. The lowest BCUT2D eigenvalue weighted by molar-refractivity contribution is -0.870. The minimum absolute atomic E-state index is 0.0619. The van der Waals surface area contributed by atoms with Gasteiger partial charge in [-0.15, -0.1) is 0 Å². The summed E-state index contributed by atoms with van der Waals surface area (Å²) in [5.41, 5.74) is 0. The van der Waals surface area contributed by atoms with E-state index in [0.29, 0.717) is 6.42 Å². The third kappa shape index (κ3) is 13.8. The van der Waals surface area contributed by atoms with Gasteiger partial charge in [-0.2, -0.15) is 0 Å². The quantitative estimate of drug-likeness (QED) is 0.234. The lowest BCUT2D eigenvalue weighted by Gasteiger charge is -2.25. The van der Waals surface area contributed by atoms with E-state index in [1.54, 1.807) is 0 Å². The number of nitrogens with one attached hydrogen (secondary N) is 1. The van der Waals surface area contributed by atoms with E-state index in [4.69, 9.17) is 0 Å². The first kappa shape index (κ1) is 27.9. The van der Waals surface area contributed by atoms with Crippen LogP contribution in [0.15, 0.2) is 0 Å². The Morgan fingerprint density at radius 2 is 1.42 bits per heavy atom. The summed E-state index contributed by atoms with van der Waals surface area (Å²) in [6, 6.07) is -0.234. The molecule has 1 heterocycles. The smallest absolute Gasteiger partial charge is 0.242 e. The molecule has 0 aromatic carbocycles. The van der Waals surface area contributed by atoms with E-state index in [9.17, 15) is 9.59 Å². The summed E-state index contributed by atoms with van der Waals surface area (Å²) < 4.78 is 0.974. The zero-order valence-electron chi connectivity index (χ0n) is 21.2. The molecular weight excluding hydrogens is 386 g/mol. The van der Waals surface area contributed by atoms with Gasteiger partial charge in [0.25, 0.3) is 0 Å². The molecular formula is C26H52N3O2+. The number of hydrogen-bond acceptors (Lipinski definition) is 2. The van der Waals surface area contributed by atoms with E-state index in [1.807, 2.05) is 4.90 Å². The monoisotopic (exact) mass is 438 g/mol. The minimum Gasteiger partial charge on any atom is -0.354 e. The maximum Gasteiger partial charge on any atom is 0.242 e. The summed E-state index contributed by atoms with van der Waals surface area (Å²) in [4.78, 5) is 27.1. The first-order valence-electron chi connectivity index (χ1n) is 13.2. The van der Waals surface area contributed by atoms with Crippen molar-refractivity contribution in [2.75, 3.05) is 40.8 Å². The Bertz CT molecular complexity index is 488. The van der Waals surface area contributed by atoms with Crippen LogP contribution >= 0.6 is 0 Å². The van der Waals surface area contributed by atoms with Crippen molar-refractivity contribution in [1.29, 1.82) is 0 Å². The Morgan fingerprint density at radius 1 is 0.839 bits per heavy atom. The molecule has 5 heteroatoms. The molecule has 1 fully saturated rings. The SMILES string of the molecule is CCCCCCCCCCCCNC(=O)[C@@H]1CCCN1C(=O)CCCCC[N+](C)(C)C. The van der Waals surface area contributed by atoms with Crippen LogP contribution in [0.25, 0.3) is 0 Å². The maximum atomic E-state index is 12.6. The fraction of sp³-hybridized carbons (Fsp3) is 0.923. The molecule has 0 radical (unpaired) electrons. The third-order valence-corrected chi connectivity index (χ3v) is 6.42. The molecule has 0 aromatic heterocycles. The summed E-state index contributed by atoms with van der Waals surface area (Å²) in [6.45, 7) is 4.89. The van der Waals surface area contributed by atoms with E-state index in [-0.39, 0.29) is 17.9 Å². The van der Waals surface area contributed by atoms with Crippen LogP contribution in [-0.4, -0.2) is 68.0 Å². The van der Waals surface area contributed by atoms with Gasteiger partial charge >= 0.3 is 0 Å². The van der Waals surface area contributed by atoms with Gasteiger partial charge in [0, 0.05) is 19.5 Å². The van der Waals surface area contributed by atoms with Crippen molar-refractivity contribution in [3.8, 4) is 0 Å². The Kier molecular flexibility index (Phi) is 14.9. The molecule has 0 aromatic rings. The summed E-state index contributed by atoms with van der Waals surface area (Å²) in [5.74, 6) is 0.230. The van der Waals surface area contributed by atoms with Gasteiger partial charge in [0.2, 0.25) is 11.8 Å². The summed E-state index contributed by atoms with van der Waals surface area (Å²) in [6.07, 6.45) is 18.5. The molecule has 0 bridgehead atoms. The van der Waals surface area contributed by atoms with E-state index in [1.165, 1.54) is 57.8 Å². The first-order chi connectivity index (χ1) is 14.8. The predicted molar refractivity (Wildman–Crippen MR) is 131 cm³/mol. The van der Waals surface area contributed by atoms with Crippen LogP contribution in [0.5, 0.6) is 0 Å². The molecule has 182 valence electrons. The minimum atomic E-state index is -0.234. The molecule has 0 aliphatic carbocycles. The van der Waals surface area contributed by atoms with Crippen molar-refractivity contribution in [3.05, 3.63) is 0 Å². The van der Waals surface area contributed by atoms with Gasteiger partial charge in [0.15, 0.2) is 0 Å². The Labute approximate surface area is 192 Å². The van der Waals surface area contributed by atoms with Crippen LogP contribution in [0, 0.1) is 0 Å². The number of rotatable bonds is 18. The Morgan fingerprint density at radius 3 is 2.03 bits per heavy atom. The number of nitrogens with zero attached hydrogens (tertiary/aromatic N) is 2. The van der Waals surface area contributed by atoms with Crippen molar-refractivity contribution in [3.63, 3.8) is 0 Å². The van der Waals surface area contributed by atoms with Gasteiger partial charge in [-0.3, -0.25) is 9.59 Å². The zero-order valence-corrected chi connectivity index (χ0v) is 21.2. The van der Waals surface area contributed by atoms with Crippen molar-refractivity contribution < 1.29 is 14.1 Å². The van der Waals surface area contributed by atoms with Crippen LogP contribution in [0.3, 0.4) is 0 Å². The standard InChI is InChI=1S/C26H51N3O2/c1-5-6-7-8-9-10-11-12-13-16-21-27-26(31)24-19-18-22-28(24)25(30)20-15-14-17-23-29(2,3)4/h24H,5-23H2,1-4H3/p+1/t24-/m0/s1. The lowest BCUT2D eigenvalue weighted by atomic mass is 10.1. The van der Waals surface area contributed by atoms with Gasteiger partial charge < -0.3 is 14.7 Å². The van der Waals surface area contributed by atoms with Crippen LogP contribution in [0.4, 0.5) is 0 Å². The molecule has 1 rings (SSSR count). The molecule has 1 aliphatic rings. The highest BCUT2D eigenvalue weighted by Gasteiger charge is 2.33. The van der Waals surface area contributed by atoms with Crippen LogP contribution in [0.2, 0.25) is 0 Å². The van der Waals surface area contributed by atoms with E-state index in [2.05, 4.69) is 33.4 Å². The van der Waals surface area contributed by atoms with E-state index >= 15 is 0 Å².